The number of nitrogens with zero attached hydrogens (tertiary/aromatic N) is 2. The van der Waals surface area contributed by atoms with Gasteiger partial charge in [-0.05, 0) is 36.4 Å². The van der Waals surface area contributed by atoms with Gasteiger partial charge in [0.2, 0.25) is 5.88 Å². The molecule has 0 amide bonds. The van der Waals surface area contributed by atoms with Crippen molar-refractivity contribution in [1.82, 2.24) is 9.97 Å². The van der Waals surface area contributed by atoms with E-state index < -0.39 is 0 Å². The van der Waals surface area contributed by atoms with Gasteiger partial charge in [-0.1, -0.05) is 49.0 Å². The van der Waals surface area contributed by atoms with E-state index in [1.807, 2.05) is 78.9 Å². The molecule has 1 aromatic heterocycles. The molecular weight excluding hydrogens is 336 g/mol. The summed E-state index contributed by atoms with van der Waals surface area (Å²) in [5.41, 5.74) is 2.62. The first-order valence-electron chi connectivity index (χ1n) is 8.58. The van der Waals surface area contributed by atoms with Gasteiger partial charge in [0.15, 0.2) is 5.82 Å². The van der Waals surface area contributed by atoms with E-state index in [1.165, 1.54) is 0 Å². The summed E-state index contributed by atoms with van der Waals surface area (Å²) in [5.74, 6) is 2.40. The highest BCUT2D eigenvalue weighted by atomic mass is 16.5. The zero-order valence-electron chi connectivity index (χ0n) is 14.9. The average Bonchev–Trinajstić information content (AvgIpc) is 2.74. The molecule has 0 aliphatic rings. The maximum Gasteiger partial charge on any atom is 0.230 e. The van der Waals surface area contributed by atoms with Crippen LogP contribution in [0, 0.1) is 0 Å². The van der Waals surface area contributed by atoms with Gasteiger partial charge in [0.05, 0.1) is 18.0 Å². The fourth-order valence-electron chi connectivity index (χ4n) is 2.79. The monoisotopic (exact) mass is 354 g/mol. The summed E-state index contributed by atoms with van der Waals surface area (Å²) in [6, 6.07) is 25.2. The Balaban J connectivity index is 1.74. The first-order chi connectivity index (χ1) is 13.2. The summed E-state index contributed by atoms with van der Waals surface area (Å²) in [7, 11) is 1.64. The Bertz CT molecular complexity index is 1090. The van der Waals surface area contributed by atoms with Crippen LogP contribution in [-0.4, -0.2) is 17.1 Å². The lowest BCUT2D eigenvalue weighted by Gasteiger charge is -2.12. The largest absolute Gasteiger partial charge is 0.497 e. The Labute approximate surface area is 157 Å². The minimum atomic E-state index is 0.486. The van der Waals surface area contributed by atoms with E-state index in [1.54, 1.807) is 7.11 Å². The molecule has 4 rings (SSSR count). The molecule has 4 heteroatoms. The fourth-order valence-corrected chi connectivity index (χ4v) is 2.79. The van der Waals surface area contributed by atoms with Crippen molar-refractivity contribution in [3.8, 4) is 23.0 Å². The zero-order chi connectivity index (χ0) is 18.6. The van der Waals surface area contributed by atoms with Gasteiger partial charge < -0.3 is 9.47 Å². The second-order valence-corrected chi connectivity index (χ2v) is 5.99. The molecule has 3 aromatic carbocycles. The summed E-state index contributed by atoms with van der Waals surface area (Å²) < 4.78 is 11.3. The van der Waals surface area contributed by atoms with Crippen LogP contribution in [0.2, 0.25) is 0 Å². The molecule has 0 fully saturated rings. The van der Waals surface area contributed by atoms with Crippen LogP contribution in [0.1, 0.15) is 5.56 Å². The number of benzene rings is 3. The van der Waals surface area contributed by atoms with Crippen LogP contribution in [-0.2, 0) is 0 Å². The van der Waals surface area contributed by atoms with Crippen LogP contribution in [0.3, 0.4) is 0 Å². The molecule has 0 aliphatic heterocycles. The molecule has 27 heavy (non-hydrogen) atoms. The first-order valence-corrected chi connectivity index (χ1v) is 8.58. The Hall–Kier alpha value is -3.66. The minimum absolute atomic E-state index is 0.486. The Morgan fingerprint density at radius 2 is 1.52 bits per heavy atom. The fraction of sp³-hybridized carbons (Fsp3) is 0.0435. The Morgan fingerprint density at radius 3 is 2.26 bits per heavy atom. The summed E-state index contributed by atoms with van der Waals surface area (Å²) in [6.07, 6.45) is 0. The van der Waals surface area contributed by atoms with Crippen molar-refractivity contribution in [2.45, 2.75) is 0 Å². The molecule has 0 N–H and O–H groups in total. The molecule has 0 aliphatic carbocycles. The van der Waals surface area contributed by atoms with E-state index in [2.05, 4.69) is 16.5 Å². The topological polar surface area (TPSA) is 44.2 Å². The molecular formula is C23H18N2O2. The zero-order valence-corrected chi connectivity index (χ0v) is 14.9. The molecule has 0 unspecified atom stereocenters. The minimum Gasteiger partial charge on any atom is -0.497 e. The van der Waals surface area contributed by atoms with Gasteiger partial charge in [0.25, 0.3) is 0 Å². The van der Waals surface area contributed by atoms with E-state index in [4.69, 9.17) is 9.47 Å². The Morgan fingerprint density at radius 1 is 0.815 bits per heavy atom. The maximum absolute atomic E-state index is 6.06. The van der Waals surface area contributed by atoms with Crippen LogP contribution in [0.25, 0.3) is 28.0 Å². The van der Waals surface area contributed by atoms with Crippen LogP contribution in [0.4, 0.5) is 0 Å². The summed E-state index contributed by atoms with van der Waals surface area (Å²) in [6.45, 7) is 4.06. The van der Waals surface area contributed by atoms with Crippen molar-refractivity contribution in [3.05, 3.63) is 91.0 Å². The van der Waals surface area contributed by atoms with E-state index in [9.17, 15) is 0 Å². The van der Waals surface area contributed by atoms with Gasteiger partial charge in [-0.3, -0.25) is 0 Å². The van der Waals surface area contributed by atoms with E-state index in [0.717, 1.165) is 27.8 Å². The number of methoxy groups -OCH3 is 1. The van der Waals surface area contributed by atoms with E-state index >= 15 is 0 Å². The predicted molar refractivity (Wildman–Crippen MR) is 108 cm³/mol. The molecule has 0 saturated carbocycles. The number of fused-ring (bicyclic) bond motifs is 1. The van der Waals surface area contributed by atoms with Gasteiger partial charge in [-0.2, -0.15) is 4.98 Å². The van der Waals surface area contributed by atoms with Gasteiger partial charge >= 0.3 is 0 Å². The SMILES string of the molecule is C=C(Oc1nc(-c2ccccc2)nc2ccccc12)c1ccc(OC)cc1. The molecule has 132 valence electrons. The van der Waals surface area contributed by atoms with Crippen molar-refractivity contribution in [2.75, 3.05) is 7.11 Å². The summed E-state index contributed by atoms with van der Waals surface area (Å²) in [4.78, 5) is 9.32. The van der Waals surface area contributed by atoms with Gasteiger partial charge in [0, 0.05) is 11.1 Å². The quantitative estimate of drug-likeness (QED) is 0.453. The third-order valence-corrected chi connectivity index (χ3v) is 4.23. The molecule has 0 bridgehead atoms. The summed E-state index contributed by atoms with van der Waals surface area (Å²) in [5, 5.41) is 0.840. The number of aromatic nitrogens is 2. The third-order valence-electron chi connectivity index (χ3n) is 4.23. The normalized spacial score (nSPS) is 10.6. The van der Waals surface area contributed by atoms with Gasteiger partial charge in [0.1, 0.15) is 11.5 Å². The first kappa shape index (κ1) is 16.8. The molecule has 0 saturated heterocycles. The maximum atomic E-state index is 6.06. The van der Waals surface area contributed by atoms with Crippen LogP contribution in [0.15, 0.2) is 85.4 Å². The lowest BCUT2D eigenvalue weighted by atomic mass is 10.2. The number of ether oxygens (including phenoxy) is 2. The average molecular weight is 354 g/mol. The number of rotatable bonds is 5. The Kier molecular flexibility index (Phi) is 4.54. The number of hydrogen-bond donors (Lipinski definition) is 0. The lowest BCUT2D eigenvalue weighted by molar-refractivity contribution is 0.414. The molecule has 4 nitrogen and oxygen atoms in total. The highest BCUT2D eigenvalue weighted by molar-refractivity contribution is 5.86. The van der Waals surface area contributed by atoms with Crippen molar-refractivity contribution in [1.29, 1.82) is 0 Å². The van der Waals surface area contributed by atoms with Crippen molar-refractivity contribution in [3.63, 3.8) is 0 Å². The van der Waals surface area contributed by atoms with E-state index in [0.29, 0.717) is 17.5 Å². The highest BCUT2D eigenvalue weighted by Crippen LogP contribution is 2.29. The van der Waals surface area contributed by atoms with Crippen LogP contribution >= 0.6 is 0 Å². The smallest absolute Gasteiger partial charge is 0.230 e. The standard InChI is InChI=1S/C23H18N2O2/c1-16(17-12-14-19(26-2)15-13-17)27-23-20-10-6-7-11-21(20)24-22(25-23)18-8-4-3-5-9-18/h3-15H,1H2,2H3. The number of hydrogen-bond acceptors (Lipinski definition) is 4. The molecule has 0 spiro atoms. The predicted octanol–water partition coefficient (Wildman–Crippen LogP) is 5.36. The van der Waals surface area contributed by atoms with Crippen molar-refractivity contribution >= 4 is 16.7 Å². The second kappa shape index (κ2) is 7.30. The van der Waals surface area contributed by atoms with Gasteiger partial charge in [-0.15, -0.1) is 0 Å². The van der Waals surface area contributed by atoms with Crippen molar-refractivity contribution < 1.29 is 9.47 Å². The van der Waals surface area contributed by atoms with Gasteiger partial charge in [-0.25, -0.2) is 4.98 Å². The highest BCUT2D eigenvalue weighted by Gasteiger charge is 2.12. The molecule has 0 radical (unpaired) electrons. The van der Waals surface area contributed by atoms with Crippen molar-refractivity contribution in [2.24, 2.45) is 0 Å². The van der Waals surface area contributed by atoms with Crippen LogP contribution in [0.5, 0.6) is 11.6 Å². The molecule has 1 heterocycles. The molecule has 0 atom stereocenters. The second-order valence-electron chi connectivity index (χ2n) is 5.99. The van der Waals surface area contributed by atoms with E-state index in [-0.39, 0.29) is 0 Å². The number of para-hydroxylation sites is 1. The molecule has 4 aromatic rings. The lowest BCUT2D eigenvalue weighted by Crippen LogP contribution is -1.99. The third kappa shape index (κ3) is 3.51. The van der Waals surface area contributed by atoms with Crippen LogP contribution < -0.4 is 9.47 Å². The summed E-state index contributed by atoms with van der Waals surface area (Å²) >= 11 is 0.